The predicted molar refractivity (Wildman–Crippen MR) is 120 cm³/mol. The number of hydrogen-bond donors (Lipinski definition) is 1. The van der Waals surface area contributed by atoms with Crippen molar-refractivity contribution in [3.05, 3.63) is 69.2 Å². The van der Waals surface area contributed by atoms with Gasteiger partial charge in [-0.2, -0.15) is 0 Å². The van der Waals surface area contributed by atoms with Crippen LogP contribution >= 0.6 is 11.6 Å². The number of aryl methyl sites for hydroxylation is 1. The third-order valence-electron chi connectivity index (χ3n) is 5.15. The number of benzene rings is 2. The molecule has 2 aromatic carbocycles. The number of halogens is 1. The number of rotatable bonds is 4. The summed E-state index contributed by atoms with van der Waals surface area (Å²) < 4.78 is 1.51. The molecule has 0 fully saturated rings. The molecule has 3 aromatic rings. The highest BCUT2D eigenvalue weighted by Gasteiger charge is 2.36. The van der Waals surface area contributed by atoms with Gasteiger partial charge in [-0.25, -0.2) is 9.78 Å². The van der Waals surface area contributed by atoms with Crippen LogP contribution in [0.25, 0.3) is 16.6 Å². The first kappa shape index (κ1) is 21.8. The first-order valence-electron chi connectivity index (χ1n) is 9.87. The molecule has 0 aliphatic rings. The molecule has 0 saturated carbocycles. The highest BCUT2D eigenvalue weighted by Crippen LogP contribution is 2.32. The van der Waals surface area contributed by atoms with Crippen LogP contribution in [0.3, 0.4) is 0 Å². The van der Waals surface area contributed by atoms with Crippen molar-refractivity contribution in [2.45, 2.75) is 52.6 Å². The van der Waals surface area contributed by atoms with Crippen molar-refractivity contribution in [1.29, 1.82) is 0 Å². The first-order chi connectivity index (χ1) is 14.1. The fourth-order valence-electron chi connectivity index (χ4n) is 3.85. The van der Waals surface area contributed by atoms with Crippen LogP contribution in [-0.2, 0) is 0 Å². The van der Waals surface area contributed by atoms with Crippen molar-refractivity contribution in [2.24, 2.45) is 0 Å². The topological polar surface area (TPSA) is 75.4 Å². The number of carbonyl (C=O) groups is 1. The van der Waals surface area contributed by atoms with Crippen LogP contribution in [0.5, 0.6) is 0 Å². The van der Waals surface area contributed by atoms with Gasteiger partial charge in [0.15, 0.2) is 0 Å². The zero-order valence-corrected chi connectivity index (χ0v) is 18.6. The number of carboxylic acid groups (broad SMARTS) is 1. The second-order valence-electron chi connectivity index (χ2n) is 8.28. The van der Waals surface area contributed by atoms with E-state index in [0.717, 1.165) is 5.56 Å². The van der Waals surface area contributed by atoms with Crippen LogP contribution in [0, 0.1) is 6.92 Å². The van der Waals surface area contributed by atoms with Gasteiger partial charge in [-0.1, -0.05) is 42.8 Å². The standard InChI is InChI=1S/C23H26ClN3O3/c1-6-17(27(22(29)30)23(3,4)5)20-25-16-12-9-11-15(24)19(16)21(28)26(20)18-13-8-7-10-14(18)2/h7-13,17H,6H2,1-5H3,(H,29,30)/t17-/m0/s1. The third kappa shape index (κ3) is 3.79. The molecule has 0 radical (unpaired) electrons. The van der Waals surface area contributed by atoms with Crippen molar-refractivity contribution >= 4 is 28.6 Å². The zero-order chi connectivity index (χ0) is 22.2. The first-order valence-corrected chi connectivity index (χ1v) is 10.2. The Kier molecular flexibility index (Phi) is 5.90. The second-order valence-corrected chi connectivity index (χ2v) is 8.69. The molecule has 1 heterocycles. The summed E-state index contributed by atoms with van der Waals surface area (Å²) in [5, 5.41) is 10.6. The lowest BCUT2D eigenvalue weighted by molar-refractivity contribution is 0.0646. The fourth-order valence-corrected chi connectivity index (χ4v) is 4.10. The van der Waals surface area contributed by atoms with E-state index in [1.807, 2.05) is 58.9 Å². The lowest BCUT2D eigenvalue weighted by atomic mass is 10.0. The van der Waals surface area contributed by atoms with Crippen LogP contribution in [0.1, 0.15) is 51.5 Å². The summed E-state index contributed by atoms with van der Waals surface area (Å²) in [6.07, 6.45) is -0.611. The zero-order valence-electron chi connectivity index (χ0n) is 17.8. The molecule has 0 bridgehead atoms. The summed E-state index contributed by atoms with van der Waals surface area (Å²) >= 11 is 6.36. The van der Waals surface area contributed by atoms with E-state index in [1.165, 1.54) is 9.47 Å². The van der Waals surface area contributed by atoms with Gasteiger partial charge >= 0.3 is 6.09 Å². The molecule has 1 N–H and O–H groups in total. The molecule has 1 aromatic heterocycles. The summed E-state index contributed by atoms with van der Waals surface area (Å²) in [5.74, 6) is 0.379. The number of nitrogens with zero attached hydrogens (tertiary/aromatic N) is 3. The molecule has 0 aliphatic heterocycles. The minimum absolute atomic E-state index is 0.312. The SMILES string of the molecule is CC[C@@H](c1nc2cccc(Cl)c2c(=O)n1-c1ccccc1C)N(C(=O)O)C(C)(C)C. The Labute approximate surface area is 180 Å². The summed E-state index contributed by atoms with van der Waals surface area (Å²) in [5.41, 5.74) is 0.980. The molecule has 158 valence electrons. The Morgan fingerprint density at radius 1 is 1.20 bits per heavy atom. The maximum Gasteiger partial charge on any atom is 0.408 e. The van der Waals surface area contributed by atoms with Crippen LogP contribution in [0.2, 0.25) is 5.02 Å². The van der Waals surface area contributed by atoms with Gasteiger partial charge in [0, 0.05) is 5.54 Å². The molecule has 3 rings (SSSR count). The molecular weight excluding hydrogens is 402 g/mol. The quantitative estimate of drug-likeness (QED) is 0.589. The highest BCUT2D eigenvalue weighted by molar-refractivity contribution is 6.35. The van der Waals surface area contributed by atoms with E-state index < -0.39 is 17.7 Å². The van der Waals surface area contributed by atoms with Gasteiger partial charge in [-0.05, 0) is 57.9 Å². The number of para-hydroxylation sites is 1. The molecular formula is C23H26ClN3O3. The predicted octanol–water partition coefficient (Wildman–Crippen LogP) is 5.58. The van der Waals surface area contributed by atoms with E-state index in [9.17, 15) is 14.7 Å². The van der Waals surface area contributed by atoms with Gasteiger partial charge in [0.05, 0.1) is 27.7 Å². The van der Waals surface area contributed by atoms with Gasteiger partial charge in [0.2, 0.25) is 0 Å². The van der Waals surface area contributed by atoms with Crippen LogP contribution < -0.4 is 5.56 Å². The van der Waals surface area contributed by atoms with Gasteiger partial charge < -0.3 is 5.11 Å². The summed E-state index contributed by atoms with van der Waals surface area (Å²) in [6.45, 7) is 9.29. The van der Waals surface area contributed by atoms with E-state index in [0.29, 0.717) is 33.9 Å². The number of hydrogen-bond acceptors (Lipinski definition) is 3. The highest BCUT2D eigenvalue weighted by atomic mass is 35.5. The average molecular weight is 428 g/mol. The largest absolute Gasteiger partial charge is 0.465 e. The minimum atomic E-state index is -1.06. The lowest BCUT2D eigenvalue weighted by Crippen LogP contribution is -2.48. The van der Waals surface area contributed by atoms with Crippen molar-refractivity contribution in [2.75, 3.05) is 0 Å². The van der Waals surface area contributed by atoms with Gasteiger partial charge in [0.1, 0.15) is 5.82 Å². The van der Waals surface area contributed by atoms with Gasteiger partial charge in [-0.3, -0.25) is 14.3 Å². The van der Waals surface area contributed by atoms with Crippen molar-refractivity contribution in [1.82, 2.24) is 14.5 Å². The summed E-state index contributed by atoms with van der Waals surface area (Å²) in [7, 11) is 0. The van der Waals surface area contributed by atoms with Gasteiger partial charge in [-0.15, -0.1) is 0 Å². The Morgan fingerprint density at radius 2 is 1.87 bits per heavy atom. The molecule has 0 aliphatic carbocycles. The molecule has 7 heteroatoms. The Balaban J connectivity index is 2.46. The lowest BCUT2D eigenvalue weighted by Gasteiger charge is -2.39. The van der Waals surface area contributed by atoms with Crippen LogP contribution in [-0.4, -0.2) is 31.2 Å². The van der Waals surface area contributed by atoms with Crippen molar-refractivity contribution in [3.63, 3.8) is 0 Å². The number of fused-ring (bicyclic) bond motifs is 1. The Morgan fingerprint density at radius 3 is 2.43 bits per heavy atom. The van der Waals surface area contributed by atoms with Gasteiger partial charge in [0.25, 0.3) is 5.56 Å². The van der Waals surface area contributed by atoms with Crippen LogP contribution in [0.4, 0.5) is 4.79 Å². The number of amides is 1. The molecule has 0 spiro atoms. The maximum absolute atomic E-state index is 13.7. The monoisotopic (exact) mass is 427 g/mol. The Bertz CT molecular complexity index is 1160. The molecule has 6 nitrogen and oxygen atoms in total. The fraction of sp³-hybridized carbons (Fsp3) is 0.348. The van der Waals surface area contributed by atoms with Crippen LogP contribution in [0.15, 0.2) is 47.3 Å². The molecule has 0 saturated heterocycles. The van der Waals surface area contributed by atoms with Crippen molar-refractivity contribution in [3.8, 4) is 5.69 Å². The molecule has 30 heavy (non-hydrogen) atoms. The van der Waals surface area contributed by atoms with E-state index in [1.54, 1.807) is 18.2 Å². The molecule has 0 unspecified atom stereocenters. The second kappa shape index (κ2) is 8.11. The van der Waals surface area contributed by atoms with E-state index in [2.05, 4.69) is 0 Å². The van der Waals surface area contributed by atoms with Crippen molar-refractivity contribution < 1.29 is 9.90 Å². The number of aromatic nitrogens is 2. The van der Waals surface area contributed by atoms with E-state index in [4.69, 9.17) is 16.6 Å². The van der Waals surface area contributed by atoms with E-state index in [-0.39, 0.29) is 5.56 Å². The summed E-state index contributed by atoms with van der Waals surface area (Å²) in [4.78, 5) is 32.0. The summed E-state index contributed by atoms with van der Waals surface area (Å²) in [6, 6.07) is 12.0. The normalized spacial score (nSPS) is 12.7. The minimum Gasteiger partial charge on any atom is -0.465 e. The Hall–Kier alpha value is -2.86. The van der Waals surface area contributed by atoms with E-state index >= 15 is 0 Å². The maximum atomic E-state index is 13.7. The third-order valence-corrected chi connectivity index (χ3v) is 5.47. The smallest absolute Gasteiger partial charge is 0.408 e. The molecule has 1 amide bonds. The molecule has 1 atom stereocenters. The average Bonchev–Trinajstić information content (AvgIpc) is 2.65.